The van der Waals surface area contributed by atoms with Gasteiger partial charge in [-0.05, 0) is 32.1 Å². The summed E-state index contributed by atoms with van der Waals surface area (Å²) in [5, 5.41) is 0. The van der Waals surface area contributed by atoms with E-state index in [1.54, 1.807) is 0 Å². The number of carbonyl (C=O) groups is 1. The molecule has 0 saturated heterocycles. The van der Waals surface area contributed by atoms with Gasteiger partial charge in [0.1, 0.15) is 12.4 Å². The van der Waals surface area contributed by atoms with Crippen molar-refractivity contribution in [2.45, 2.75) is 96.8 Å². The van der Waals surface area contributed by atoms with E-state index in [2.05, 4.69) is 19.1 Å². The van der Waals surface area contributed by atoms with Crippen molar-refractivity contribution in [3.05, 3.63) is 12.2 Å². The summed E-state index contributed by atoms with van der Waals surface area (Å²) in [6.45, 7) is 1.97. The van der Waals surface area contributed by atoms with Crippen molar-refractivity contribution in [2.24, 2.45) is 0 Å². The van der Waals surface area contributed by atoms with E-state index >= 15 is 0 Å². The third-order valence-electron chi connectivity index (χ3n) is 4.25. The summed E-state index contributed by atoms with van der Waals surface area (Å²) in [5.41, 5.74) is 0. The van der Waals surface area contributed by atoms with Crippen LogP contribution in [0.1, 0.15) is 96.8 Å². The van der Waals surface area contributed by atoms with Gasteiger partial charge in [-0.2, -0.15) is 8.42 Å². The van der Waals surface area contributed by atoms with Crippen LogP contribution in [0, 0.1) is 0 Å². The second kappa shape index (κ2) is 20.8. The number of rotatable bonds is 18. The van der Waals surface area contributed by atoms with Crippen LogP contribution in [0.2, 0.25) is 0 Å². The first-order chi connectivity index (χ1) is 12.5. The Labute approximate surface area is 188 Å². The Hall–Kier alpha value is 0.120. The van der Waals surface area contributed by atoms with Gasteiger partial charge in [-0.15, -0.1) is 0 Å². The maximum atomic E-state index is 11.4. The summed E-state index contributed by atoms with van der Waals surface area (Å²) in [4.78, 5) is 11.4. The molecule has 1 N–H and O–H groups in total. The van der Waals surface area contributed by atoms with Crippen molar-refractivity contribution in [1.29, 1.82) is 0 Å². The van der Waals surface area contributed by atoms with Crippen molar-refractivity contribution < 1.29 is 22.5 Å². The van der Waals surface area contributed by atoms with Crippen LogP contribution in [0.5, 0.6) is 0 Å². The van der Waals surface area contributed by atoms with Gasteiger partial charge in [-0.25, -0.2) is 0 Å². The first-order valence-electron chi connectivity index (χ1n) is 10.2. The van der Waals surface area contributed by atoms with Crippen molar-refractivity contribution in [1.82, 2.24) is 0 Å². The number of hydrogen-bond acceptors (Lipinski definition) is 4. The van der Waals surface area contributed by atoms with E-state index in [1.807, 2.05) is 0 Å². The van der Waals surface area contributed by atoms with Crippen molar-refractivity contribution >= 4 is 45.6 Å². The summed E-state index contributed by atoms with van der Waals surface area (Å²) in [6.07, 6.45) is 20.5. The second-order valence-corrected chi connectivity index (χ2v) is 8.41. The Kier molecular flexibility index (Phi) is 22.6. The topological polar surface area (TPSA) is 80.7 Å². The Morgan fingerprint density at radius 1 is 0.852 bits per heavy atom. The van der Waals surface area contributed by atoms with Crippen LogP contribution in [-0.4, -0.2) is 60.9 Å². The third-order valence-corrected chi connectivity index (χ3v) is 4.93. The first-order valence-corrected chi connectivity index (χ1v) is 11.8. The second-order valence-electron chi connectivity index (χ2n) is 6.84. The molecular weight excluding hydrogens is 375 g/mol. The number of esters is 1. The van der Waals surface area contributed by atoms with Gasteiger partial charge in [0.15, 0.2) is 0 Å². The molecule has 27 heavy (non-hydrogen) atoms. The Bertz CT molecular complexity index is 463. The third kappa shape index (κ3) is 26.1. The van der Waals surface area contributed by atoms with Gasteiger partial charge in [0, 0.05) is 6.42 Å². The summed E-state index contributed by atoms with van der Waals surface area (Å²) in [6, 6.07) is 0. The van der Waals surface area contributed by atoms with Gasteiger partial charge in [0.25, 0.3) is 10.1 Å². The maximum absolute atomic E-state index is 11.4. The monoisotopic (exact) mass is 414 g/mol. The molecule has 0 atom stereocenters. The molecule has 5 nitrogen and oxygen atoms in total. The number of allylic oxidation sites excluding steroid dienone is 2. The molecule has 0 unspecified atom stereocenters. The van der Waals surface area contributed by atoms with Crippen LogP contribution in [0.4, 0.5) is 0 Å². The zero-order chi connectivity index (χ0) is 19.5. The Morgan fingerprint density at radius 3 is 1.85 bits per heavy atom. The SMILES string of the molecule is CCCCCCCC/C=C\CCCCCCCC(=O)OCCS(=O)(=O)O.[NaH]. The van der Waals surface area contributed by atoms with E-state index in [1.165, 1.54) is 57.8 Å². The zero-order valence-electron chi connectivity index (χ0n) is 16.5. The molecule has 0 fully saturated rings. The van der Waals surface area contributed by atoms with Crippen molar-refractivity contribution in [3.63, 3.8) is 0 Å². The minimum absolute atomic E-state index is 0. The van der Waals surface area contributed by atoms with Gasteiger partial charge in [-0.1, -0.05) is 70.4 Å². The Morgan fingerprint density at radius 2 is 1.33 bits per heavy atom. The van der Waals surface area contributed by atoms with Crippen LogP contribution >= 0.6 is 0 Å². The Balaban J connectivity index is 0. The molecule has 0 aromatic rings. The van der Waals surface area contributed by atoms with Gasteiger partial charge < -0.3 is 4.74 Å². The summed E-state index contributed by atoms with van der Waals surface area (Å²) < 4.78 is 34.2. The molecule has 0 amide bonds. The fraction of sp³-hybridized carbons (Fsp3) is 0.850. The van der Waals surface area contributed by atoms with Crippen molar-refractivity contribution in [3.8, 4) is 0 Å². The molecule has 0 aliphatic carbocycles. The van der Waals surface area contributed by atoms with Crippen LogP contribution in [0.25, 0.3) is 0 Å². The molecule has 0 bridgehead atoms. The van der Waals surface area contributed by atoms with Gasteiger partial charge >= 0.3 is 35.5 Å². The van der Waals surface area contributed by atoms with E-state index < -0.39 is 21.8 Å². The van der Waals surface area contributed by atoms with Crippen LogP contribution in [0.15, 0.2) is 12.2 Å². The summed E-state index contributed by atoms with van der Waals surface area (Å²) in [7, 11) is -4.05. The molecule has 0 aliphatic rings. The predicted octanol–water partition coefficient (Wildman–Crippen LogP) is 4.81. The van der Waals surface area contributed by atoms with Crippen molar-refractivity contribution in [2.75, 3.05) is 12.4 Å². The fourth-order valence-electron chi connectivity index (χ4n) is 2.67. The first kappa shape index (κ1) is 29.3. The molecule has 7 heteroatoms. The number of hydrogen-bond donors (Lipinski definition) is 1. The number of ether oxygens (including phenoxy) is 1. The molecule has 0 aliphatic heterocycles. The molecule has 0 aromatic carbocycles. The summed E-state index contributed by atoms with van der Waals surface area (Å²) >= 11 is 0. The standard InChI is InChI=1S/C20H38O5S.Na.H/c1-2-3-4-5-6-7-8-9-10-11-12-13-14-15-16-17-20(21)25-18-19-26(22,23)24;;/h9-10H,2-8,11-19H2,1H3,(H,22,23,24);;/b10-9-;;. The van der Waals surface area contributed by atoms with E-state index in [0.717, 1.165) is 25.7 Å². The zero-order valence-corrected chi connectivity index (χ0v) is 17.3. The van der Waals surface area contributed by atoms with Gasteiger partial charge in [0.05, 0.1) is 0 Å². The van der Waals surface area contributed by atoms with Crippen LogP contribution < -0.4 is 0 Å². The average molecular weight is 415 g/mol. The normalized spacial score (nSPS) is 11.5. The van der Waals surface area contributed by atoms with E-state index in [0.29, 0.717) is 6.42 Å². The molecule has 0 radical (unpaired) electrons. The molecule has 0 rings (SSSR count). The molecule has 156 valence electrons. The molecule has 0 saturated carbocycles. The molecule has 0 heterocycles. The summed E-state index contributed by atoms with van der Waals surface area (Å²) in [5.74, 6) is -0.934. The quantitative estimate of drug-likeness (QED) is 0.114. The van der Waals surface area contributed by atoms with E-state index in [9.17, 15) is 13.2 Å². The van der Waals surface area contributed by atoms with Gasteiger partial charge in [-0.3, -0.25) is 9.35 Å². The van der Waals surface area contributed by atoms with Crippen LogP contribution in [-0.2, 0) is 19.6 Å². The number of unbranched alkanes of at least 4 members (excludes halogenated alkanes) is 11. The van der Waals surface area contributed by atoms with E-state index in [4.69, 9.17) is 9.29 Å². The van der Waals surface area contributed by atoms with Crippen LogP contribution in [0.3, 0.4) is 0 Å². The molecular formula is C20H39NaO5S. The minimum atomic E-state index is -4.05. The predicted molar refractivity (Wildman–Crippen MR) is 114 cm³/mol. The van der Waals surface area contributed by atoms with Gasteiger partial charge in [0.2, 0.25) is 0 Å². The molecule has 0 spiro atoms. The fourth-order valence-corrected chi connectivity index (χ4v) is 2.97. The van der Waals surface area contributed by atoms with E-state index in [-0.39, 0.29) is 36.2 Å². The average Bonchev–Trinajstić information content (AvgIpc) is 2.57. The molecule has 0 aromatic heterocycles. The number of carbonyl (C=O) groups excluding carboxylic acids is 1.